The second kappa shape index (κ2) is 2.46. The van der Waals surface area contributed by atoms with E-state index in [9.17, 15) is 0 Å². The van der Waals surface area contributed by atoms with Crippen molar-refractivity contribution in [3.63, 3.8) is 0 Å². The van der Waals surface area contributed by atoms with Crippen LogP contribution in [0.3, 0.4) is 0 Å². The van der Waals surface area contributed by atoms with Gasteiger partial charge in [-0.2, -0.15) is 12.6 Å². The lowest BCUT2D eigenvalue weighted by atomic mass is 9.52. The van der Waals surface area contributed by atoms with Crippen molar-refractivity contribution in [3.05, 3.63) is 0 Å². The van der Waals surface area contributed by atoms with E-state index in [1.807, 2.05) is 0 Å². The van der Waals surface area contributed by atoms with Crippen molar-refractivity contribution >= 4 is 12.6 Å². The van der Waals surface area contributed by atoms with Gasteiger partial charge in [-0.1, -0.05) is 0 Å². The SMILES string of the molecule is CNC12C[C@@H]3C[C@@H](CC(S)(C3)C1)C2. The van der Waals surface area contributed by atoms with Crippen LogP contribution in [0.25, 0.3) is 0 Å². The van der Waals surface area contributed by atoms with Gasteiger partial charge in [0.25, 0.3) is 0 Å². The molecule has 0 heterocycles. The van der Waals surface area contributed by atoms with Crippen LogP contribution in [0.15, 0.2) is 0 Å². The van der Waals surface area contributed by atoms with Crippen molar-refractivity contribution in [2.75, 3.05) is 7.05 Å². The molecule has 74 valence electrons. The smallest absolute Gasteiger partial charge is 0.0197 e. The minimum Gasteiger partial charge on any atom is -0.314 e. The molecule has 0 aliphatic heterocycles. The summed E-state index contributed by atoms with van der Waals surface area (Å²) in [4.78, 5) is 0. The zero-order valence-electron chi connectivity index (χ0n) is 8.34. The first kappa shape index (κ1) is 8.60. The fraction of sp³-hybridized carbons (Fsp3) is 1.00. The van der Waals surface area contributed by atoms with Crippen LogP contribution < -0.4 is 5.32 Å². The lowest BCUT2D eigenvalue weighted by Crippen LogP contribution is -2.62. The standard InChI is InChI=1S/C11H19NS/c1-12-10-3-8-2-9(4-10)6-11(13,5-8)7-10/h8-9,12-13H,2-7H2,1H3/t8-,9+,10?,11?. The lowest BCUT2D eigenvalue weighted by Gasteiger charge is -2.60. The first-order valence-electron chi connectivity index (χ1n) is 5.54. The molecule has 0 aromatic heterocycles. The van der Waals surface area contributed by atoms with Gasteiger partial charge in [-0.15, -0.1) is 0 Å². The summed E-state index contributed by atoms with van der Waals surface area (Å²) in [6.45, 7) is 0. The highest BCUT2D eigenvalue weighted by Crippen LogP contribution is 2.59. The van der Waals surface area contributed by atoms with Crippen molar-refractivity contribution in [1.82, 2.24) is 5.32 Å². The van der Waals surface area contributed by atoms with E-state index in [0.717, 1.165) is 11.8 Å². The number of hydrogen-bond acceptors (Lipinski definition) is 2. The summed E-state index contributed by atoms with van der Waals surface area (Å²) in [7, 11) is 2.14. The number of hydrogen-bond donors (Lipinski definition) is 2. The summed E-state index contributed by atoms with van der Waals surface area (Å²) < 4.78 is 0.396. The molecule has 0 aromatic rings. The molecular weight excluding hydrogens is 178 g/mol. The molecule has 4 bridgehead atoms. The van der Waals surface area contributed by atoms with Gasteiger partial charge in [0.2, 0.25) is 0 Å². The maximum absolute atomic E-state index is 4.92. The highest BCUT2D eigenvalue weighted by molar-refractivity contribution is 7.81. The molecule has 4 fully saturated rings. The molecule has 4 aliphatic rings. The normalized spacial score (nSPS) is 58.6. The van der Waals surface area contributed by atoms with Crippen LogP contribution in [-0.2, 0) is 0 Å². The van der Waals surface area contributed by atoms with Crippen LogP contribution in [0.2, 0.25) is 0 Å². The highest BCUT2D eigenvalue weighted by Gasteiger charge is 2.55. The van der Waals surface area contributed by atoms with Crippen LogP contribution in [0.1, 0.15) is 38.5 Å². The molecule has 13 heavy (non-hydrogen) atoms. The largest absolute Gasteiger partial charge is 0.314 e. The fourth-order valence-electron chi connectivity index (χ4n) is 4.51. The third-order valence-corrected chi connectivity index (χ3v) is 5.08. The maximum atomic E-state index is 4.92. The van der Waals surface area contributed by atoms with E-state index >= 15 is 0 Å². The molecule has 1 N–H and O–H groups in total. The van der Waals surface area contributed by atoms with Gasteiger partial charge in [-0.05, 0) is 57.4 Å². The molecule has 2 unspecified atom stereocenters. The third-order valence-electron chi connectivity index (χ3n) is 4.56. The fourth-order valence-corrected chi connectivity index (χ4v) is 5.33. The Morgan fingerprint density at radius 2 is 1.77 bits per heavy atom. The molecule has 2 heteroatoms. The Labute approximate surface area is 86.1 Å². The molecule has 0 radical (unpaired) electrons. The quantitative estimate of drug-likeness (QED) is 0.614. The minimum absolute atomic E-state index is 0.396. The second-order valence-electron chi connectivity index (χ2n) is 5.72. The topological polar surface area (TPSA) is 12.0 Å². The van der Waals surface area contributed by atoms with Crippen LogP contribution in [0, 0.1) is 11.8 Å². The van der Waals surface area contributed by atoms with Crippen molar-refractivity contribution in [2.45, 2.75) is 48.8 Å². The van der Waals surface area contributed by atoms with Gasteiger partial charge in [-0.3, -0.25) is 0 Å². The van der Waals surface area contributed by atoms with Gasteiger partial charge in [0, 0.05) is 10.3 Å². The Balaban J connectivity index is 1.95. The van der Waals surface area contributed by atoms with Gasteiger partial charge >= 0.3 is 0 Å². The van der Waals surface area contributed by atoms with E-state index in [1.165, 1.54) is 38.5 Å². The number of rotatable bonds is 1. The first-order chi connectivity index (χ1) is 6.13. The predicted molar refractivity (Wildman–Crippen MR) is 58.2 cm³/mol. The molecule has 1 nitrogen and oxygen atoms in total. The lowest BCUT2D eigenvalue weighted by molar-refractivity contribution is 0.00130. The van der Waals surface area contributed by atoms with Gasteiger partial charge in [0.1, 0.15) is 0 Å². The predicted octanol–water partition coefficient (Wildman–Crippen LogP) is 2.23. The van der Waals surface area contributed by atoms with Crippen molar-refractivity contribution < 1.29 is 0 Å². The van der Waals surface area contributed by atoms with Crippen LogP contribution in [0.5, 0.6) is 0 Å². The summed E-state index contributed by atoms with van der Waals surface area (Å²) in [5.41, 5.74) is 0.478. The average Bonchev–Trinajstić information content (AvgIpc) is 1.99. The molecule has 4 rings (SSSR count). The van der Waals surface area contributed by atoms with E-state index in [-0.39, 0.29) is 0 Å². The van der Waals surface area contributed by atoms with E-state index in [4.69, 9.17) is 12.6 Å². The Bertz CT molecular complexity index is 224. The summed E-state index contributed by atoms with van der Waals surface area (Å²) in [5, 5.41) is 3.59. The Kier molecular flexibility index (Phi) is 1.63. The van der Waals surface area contributed by atoms with Crippen molar-refractivity contribution in [1.29, 1.82) is 0 Å². The Morgan fingerprint density at radius 3 is 2.23 bits per heavy atom. The van der Waals surface area contributed by atoms with Crippen LogP contribution in [-0.4, -0.2) is 17.3 Å². The van der Waals surface area contributed by atoms with Crippen molar-refractivity contribution in [3.8, 4) is 0 Å². The third kappa shape index (κ3) is 1.18. The van der Waals surface area contributed by atoms with Gasteiger partial charge in [0.15, 0.2) is 0 Å². The van der Waals surface area contributed by atoms with E-state index in [2.05, 4.69) is 12.4 Å². The molecular formula is C11H19NS. The summed E-state index contributed by atoms with van der Waals surface area (Å²) in [5.74, 6) is 1.96. The molecule has 4 aliphatic carbocycles. The van der Waals surface area contributed by atoms with Crippen molar-refractivity contribution in [2.24, 2.45) is 11.8 Å². The van der Waals surface area contributed by atoms with E-state index in [1.54, 1.807) is 0 Å². The van der Waals surface area contributed by atoms with E-state index < -0.39 is 0 Å². The van der Waals surface area contributed by atoms with Crippen LogP contribution in [0.4, 0.5) is 0 Å². The Morgan fingerprint density at radius 1 is 1.15 bits per heavy atom. The molecule has 0 aromatic carbocycles. The van der Waals surface area contributed by atoms with Gasteiger partial charge < -0.3 is 5.32 Å². The highest BCUT2D eigenvalue weighted by atomic mass is 32.1. The maximum Gasteiger partial charge on any atom is 0.0197 e. The monoisotopic (exact) mass is 197 g/mol. The second-order valence-corrected chi connectivity index (χ2v) is 6.66. The molecule has 0 spiro atoms. The molecule has 0 amide bonds. The number of nitrogens with one attached hydrogen (secondary N) is 1. The minimum atomic E-state index is 0.396. The summed E-state index contributed by atoms with van der Waals surface area (Å²) in [6, 6.07) is 0. The first-order valence-corrected chi connectivity index (χ1v) is 5.99. The zero-order chi connectivity index (χ0) is 9.10. The van der Waals surface area contributed by atoms with Gasteiger partial charge in [0.05, 0.1) is 0 Å². The Hall–Kier alpha value is 0.310. The summed E-state index contributed by atoms with van der Waals surface area (Å²) >= 11 is 4.92. The molecule has 4 atom stereocenters. The number of thiol groups is 1. The zero-order valence-corrected chi connectivity index (χ0v) is 9.24. The average molecular weight is 197 g/mol. The summed E-state index contributed by atoms with van der Waals surface area (Å²) in [6.07, 6.45) is 8.41. The molecule has 4 saturated carbocycles. The van der Waals surface area contributed by atoms with Gasteiger partial charge in [-0.25, -0.2) is 0 Å². The van der Waals surface area contributed by atoms with Crippen LogP contribution >= 0.6 is 12.6 Å². The molecule has 0 saturated heterocycles. The van der Waals surface area contributed by atoms with E-state index in [0.29, 0.717) is 10.3 Å².